The highest BCUT2D eigenvalue weighted by atomic mass is 16.3. The van der Waals surface area contributed by atoms with Gasteiger partial charge in [-0.1, -0.05) is 184 Å². The molecular formula is C57H44N2O. The Morgan fingerprint density at radius 3 is 1.95 bits per heavy atom. The lowest BCUT2D eigenvalue weighted by Gasteiger charge is -2.24. The highest BCUT2D eigenvalue weighted by Crippen LogP contribution is 2.53. The van der Waals surface area contributed by atoms with Crippen LogP contribution in [0.3, 0.4) is 0 Å². The van der Waals surface area contributed by atoms with Crippen LogP contribution in [0.15, 0.2) is 199 Å². The number of nitrogens with two attached hydrogens (primary N) is 1. The van der Waals surface area contributed by atoms with E-state index in [0.29, 0.717) is 0 Å². The molecular weight excluding hydrogens is 729 g/mol. The van der Waals surface area contributed by atoms with E-state index in [1.165, 1.54) is 54.9 Å². The topological polar surface area (TPSA) is 51.2 Å². The van der Waals surface area contributed by atoms with Crippen LogP contribution in [0.25, 0.3) is 82.9 Å². The lowest BCUT2D eigenvalue weighted by Crippen LogP contribution is -2.31. The van der Waals surface area contributed by atoms with Crippen molar-refractivity contribution < 1.29 is 4.42 Å². The molecule has 0 fully saturated rings. The second-order valence-corrected chi connectivity index (χ2v) is 16.7. The summed E-state index contributed by atoms with van der Waals surface area (Å²) in [6.45, 7) is 4.71. The zero-order valence-electron chi connectivity index (χ0n) is 33.7. The number of rotatable bonds is 8. The predicted molar refractivity (Wildman–Crippen MR) is 252 cm³/mol. The number of hydrogen-bond acceptors (Lipinski definition) is 3. The fourth-order valence-corrected chi connectivity index (χ4v) is 9.64. The Hall–Kier alpha value is -7.04. The van der Waals surface area contributed by atoms with E-state index in [2.05, 4.69) is 201 Å². The zero-order valence-corrected chi connectivity index (χ0v) is 33.7. The van der Waals surface area contributed by atoms with Gasteiger partial charge in [0.1, 0.15) is 11.2 Å². The van der Waals surface area contributed by atoms with Gasteiger partial charge in [0.05, 0.1) is 12.2 Å². The Morgan fingerprint density at radius 2 is 1.17 bits per heavy atom. The summed E-state index contributed by atoms with van der Waals surface area (Å²) < 4.78 is 6.51. The smallest absolute Gasteiger partial charge is 0.136 e. The molecule has 0 bridgehead atoms. The Morgan fingerprint density at radius 1 is 0.533 bits per heavy atom. The van der Waals surface area contributed by atoms with Crippen LogP contribution in [-0.4, -0.2) is 0 Å². The van der Waals surface area contributed by atoms with Crippen LogP contribution in [0.2, 0.25) is 0 Å². The zero-order chi connectivity index (χ0) is 40.4. The van der Waals surface area contributed by atoms with E-state index in [0.717, 1.165) is 49.8 Å². The molecule has 2 unspecified atom stereocenters. The van der Waals surface area contributed by atoms with Crippen molar-refractivity contribution in [3.63, 3.8) is 0 Å². The summed E-state index contributed by atoms with van der Waals surface area (Å²) in [6.07, 6.45) is 4.08. The minimum Gasteiger partial charge on any atom is -0.456 e. The van der Waals surface area contributed by atoms with E-state index >= 15 is 0 Å². The predicted octanol–water partition coefficient (Wildman–Crippen LogP) is 14.5. The lowest BCUT2D eigenvalue weighted by atomic mass is 9.81. The molecule has 1 aliphatic rings. The van der Waals surface area contributed by atoms with Gasteiger partial charge in [0.15, 0.2) is 0 Å². The van der Waals surface area contributed by atoms with Gasteiger partial charge in [-0.05, 0) is 113 Å². The molecule has 11 rings (SSSR count). The van der Waals surface area contributed by atoms with E-state index < -0.39 is 6.17 Å². The summed E-state index contributed by atoms with van der Waals surface area (Å²) in [7, 11) is 0. The molecule has 1 aromatic heterocycles. The van der Waals surface area contributed by atoms with Crippen molar-refractivity contribution in [2.24, 2.45) is 5.73 Å². The van der Waals surface area contributed by atoms with E-state index in [9.17, 15) is 0 Å². The maximum atomic E-state index is 6.94. The first-order valence-electron chi connectivity index (χ1n) is 20.9. The molecule has 288 valence electrons. The van der Waals surface area contributed by atoms with Crippen LogP contribution in [-0.2, 0) is 5.41 Å². The van der Waals surface area contributed by atoms with Crippen molar-refractivity contribution in [2.45, 2.75) is 31.5 Å². The Bertz CT molecular complexity index is 3280. The SMILES string of the molecule is CC1(C)c2cc3ccccc3cc2-c2c(-c3ccc(/C=C/C(NC(N)c4ccccc4)c4ccccc4-c4cccc5oc6cc7ccccc7cc6c45)cc3)cccc21. The fraction of sp³-hybridized carbons (Fsp3) is 0.0877. The first kappa shape index (κ1) is 36.1. The third-order valence-corrected chi connectivity index (χ3v) is 12.7. The van der Waals surface area contributed by atoms with Crippen LogP contribution >= 0.6 is 0 Å². The maximum Gasteiger partial charge on any atom is 0.136 e. The Kier molecular flexibility index (Phi) is 8.63. The van der Waals surface area contributed by atoms with Gasteiger partial charge in [-0.2, -0.15) is 0 Å². The largest absolute Gasteiger partial charge is 0.456 e. The quantitative estimate of drug-likeness (QED) is 0.151. The van der Waals surface area contributed by atoms with Crippen molar-refractivity contribution in [2.75, 3.05) is 0 Å². The van der Waals surface area contributed by atoms with Gasteiger partial charge in [-0.15, -0.1) is 0 Å². The molecule has 3 heteroatoms. The highest BCUT2D eigenvalue weighted by molar-refractivity contribution is 6.15. The molecule has 0 spiro atoms. The van der Waals surface area contributed by atoms with Crippen LogP contribution in [0.4, 0.5) is 0 Å². The maximum absolute atomic E-state index is 6.94. The van der Waals surface area contributed by atoms with Crippen molar-refractivity contribution in [1.29, 1.82) is 0 Å². The Balaban J connectivity index is 0.984. The van der Waals surface area contributed by atoms with E-state index in [4.69, 9.17) is 10.2 Å². The first-order valence-corrected chi connectivity index (χ1v) is 20.9. The third-order valence-electron chi connectivity index (χ3n) is 12.7. The molecule has 0 amide bonds. The highest BCUT2D eigenvalue weighted by Gasteiger charge is 2.37. The Labute approximate surface area is 350 Å². The minimum atomic E-state index is -0.391. The summed E-state index contributed by atoms with van der Waals surface area (Å²) in [6, 6.07) is 67.3. The van der Waals surface area contributed by atoms with E-state index in [1.54, 1.807) is 0 Å². The summed E-state index contributed by atoms with van der Waals surface area (Å²) in [5.41, 5.74) is 22.1. The molecule has 0 radical (unpaired) electrons. The normalized spacial score (nSPS) is 14.2. The summed E-state index contributed by atoms with van der Waals surface area (Å²) in [5, 5.41) is 10.9. The molecule has 9 aromatic carbocycles. The molecule has 2 atom stereocenters. The first-order chi connectivity index (χ1) is 29.4. The fourth-order valence-electron chi connectivity index (χ4n) is 9.64. The van der Waals surface area contributed by atoms with Gasteiger partial charge in [-0.3, -0.25) is 5.32 Å². The molecule has 1 aliphatic carbocycles. The number of hydrogen-bond donors (Lipinski definition) is 2. The molecule has 60 heavy (non-hydrogen) atoms. The summed E-state index contributed by atoms with van der Waals surface area (Å²) in [4.78, 5) is 0. The van der Waals surface area contributed by atoms with Gasteiger partial charge < -0.3 is 10.2 Å². The molecule has 0 aliphatic heterocycles. The standard InChI is InChI=1S/C57H44N2O/c1-57(2)49-24-12-22-43(54(49)47-32-39-16-6-8-18-41(39)34-50(47)57)37-29-26-36(27-30-37)28-31-51(59-56(58)38-14-4-3-5-15-38)45-21-11-10-20-44(45)46-23-13-25-52-55(46)48-33-40-17-7-9-19-42(40)35-53(48)60-52/h3-35,51,56,59H,58H2,1-2H3/b31-28+. The third kappa shape index (κ3) is 6.05. The molecule has 3 N–H and O–H groups in total. The van der Waals surface area contributed by atoms with Crippen LogP contribution in [0.5, 0.6) is 0 Å². The monoisotopic (exact) mass is 772 g/mol. The number of nitrogens with one attached hydrogen (secondary N) is 1. The number of fused-ring (bicyclic) bond motifs is 8. The second-order valence-electron chi connectivity index (χ2n) is 16.7. The van der Waals surface area contributed by atoms with Crippen molar-refractivity contribution in [3.05, 3.63) is 222 Å². The number of furan rings is 1. The summed E-state index contributed by atoms with van der Waals surface area (Å²) in [5.74, 6) is 0. The molecule has 0 saturated heterocycles. The van der Waals surface area contributed by atoms with Gasteiger partial charge >= 0.3 is 0 Å². The second kappa shape index (κ2) is 14.4. The lowest BCUT2D eigenvalue weighted by molar-refractivity contribution is 0.510. The average molecular weight is 773 g/mol. The minimum absolute atomic E-state index is 0.0864. The molecule has 0 saturated carbocycles. The van der Waals surface area contributed by atoms with Gasteiger partial charge in [0, 0.05) is 16.2 Å². The van der Waals surface area contributed by atoms with Crippen molar-refractivity contribution in [1.82, 2.24) is 5.32 Å². The van der Waals surface area contributed by atoms with Gasteiger partial charge in [-0.25, -0.2) is 0 Å². The van der Waals surface area contributed by atoms with Crippen LogP contribution in [0.1, 0.15) is 53.9 Å². The summed E-state index contributed by atoms with van der Waals surface area (Å²) >= 11 is 0. The number of benzene rings is 9. The van der Waals surface area contributed by atoms with E-state index in [-0.39, 0.29) is 11.5 Å². The van der Waals surface area contributed by atoms with Gasteiger partial charge in [0.2, 0.25) is 0 Å². The van der Waals surface area contributed by atoms with E-state index in [1.807, 2.05) is 18.2 Å². The van der Waals surface area contributed by atoms with Crippen molar-refractivity contribution in [3.8, 4) is 33.4 Å². The van der Waals surface area contributed by atoms with Crippen molar-refractivity contribution >= 4 is 49.6 Å². The molecule has 10 aromatic rings. The van der Waals surface area contributed by atoms with Crippen LogP contribution < -0.4 is 11.1 Å². The van der Waals surface area contributed by atoms with Gasteiger partial charge in [0.25, 0.3) is 0 Å². The van der Waals surface area contributed by atoms with Crippen LogP contribution in [0, 0.1) is 0 Å². The average Bonchev–Trinajstić information content (AvgIpc) is 3.77. The molecule has 1 heterocycles. The molecule has 3 nitrogen and oxygen atoms in total.